The van der Waals surface area contributed by atoms with Gasteiger partial charge in [-0.15, -0.1) is 0 Å². The van der Waals surface area contributed by atoms with E-state index in [9.17, 15) is 21.6 Å². The molecule has 0 N–H and O–H groups in total. The molecule has 2 rings (SSSR count). The second-order valence-electron chi connectivity index (χ2n) is 5.00. The SMILES string of the molecule is CN(C)c1cccc2cccc(/[Se](C)=N\S(=O)(=O)C(F)(F)F)c12. The van der Waals surface area contributed by atoms with E-state index >= 15 is 0 Å². The summed E-state index contributed by atoms with van der Waals surface area (Å²) in [7, 11) is -1.84. The van der Waals surface area contributed by atoms with Crippen LogP contribution in [0.1, 0.15) is 0 Å². The van der Waals surface area contributed by atoms with Crippen LogP contribution in [0.2, 0.25) is 5.82 Å². The van der Waals surface area contributed by atoms with Crippen LogP contribution in [0.4, 0.5) is 18.9 Å². The second kappa shape index (κ2) is 6.22. The zero-order valence-corrected chi connectivity index (χ0v) is 15.2. The molecule has 0 aliphatic heterocycles. The summed E-state index contributed by atoms with van der Waals surface area (Å²) in [6.07, 6.45) is 0. The number of anilines is 1. The fourth-order valence-electron chi connectivity index (χ4n) is 2.14. The summed E-state index contributed by atoms with van der Waals surface area (Å²) < 4.78 is 64.0. The van der Waals surface area contributed by atoms with Crippen molar-refractivity contribution in [1.82, 2.24) is 0 Å². The molecule has 126 valence electrons. The third kappa shape index (κ3) is 3.57. The van der Waals surface area contributed by atoms with Gasteiger partial charge in [-0.3, -0.25) is 0 Å². The van der Waals surface area contributed by atoms with Gasteiger partial charge < -0.3 is 0 Å². The normalized spacial score (nSPS) is 14.2. The van der Waals surface area contributed by atoms with E-state index in [4.69, 9.17) is 0 Å². The quantitative estimate of drug-likeness (QED) is 0.730. The van der Waals surface area contributed by atoms with Gasteiger partial charge in [-0.25, -0.2) is 0 Å². The third-order valence-corrected chi connectivity index (χ3v) is 8.84. The summed E-state index contributed by atoms with van der Waals surface area (Å²) in [5.41, 5.74) is -4.55. The van der Waals surface area contributed by atoms with Crippen LogP contribution in [0.3, 0.4) is 0 Å². The Balaban J connectivity index is 2.74. The molecule has 1 unspecified atom stereocenters. The van der Waals surface area contributed by atoms with E-state index in [0.29, 0.717) is 4.46 Å². The molecule has 4 nitrogen and oxygen atoms in total. The number of alkyl halides is 3. The van der Waals surface area contributed by atoms with Crippen molar-refractivity contribution in [3.8, 4) is 0 Å². The molecule has 1 atom stereocenters. The monoisotopic (exact) mass is 412 g/mol. The fraction of sp³-hybridized carbons (Fsp3) is 0.286. The molecule has 2 aromatic carbocycles. The zero-order chi connectivity index (χ0) is 17.4. The summed E-state index contributed by atoms with van der Waals surface area (Å²) >= 11 is -2.56. The molecule has 0 heterocycles. The Labute approximate surface area is 136 Å². The molecule has 2 aromatic rings. The average Bonchev–Trinajstić information content (AvgIpc) is 2.44. The summed E-state index contributed by atoms with van der Waals surface area (Å²) in [6, 6.07) is 10.7. The van der Waals surface area contributed by atoms with E-state index in [1.807, 2.05) is 43.3 Å². The molecular formula is C14H15F3N2O2SSe. The van der Waals surface area contributed by atoms with Gasteiger partial charge >= 0.3 is 136 Å². The maximum atomic E-state index is 12.6. The van der Waals surface area contributed by atoms with Crippen LogP contribution in [-0.2, 0) is 10.0 Å². The minimum absolute atomic E-state index is 0.555. The van der Waals surface area contributed by atoms with Gasteiger partial charge in [0.15, 0.2) is 0 Å². The van der Waals surface area contributed by atoms with Crippen LogP contribution >= 0.6 is 0 Å². The molecule has 0 amide bonds. The number of nitrogens with zero attached hydrogens (tertiary/aromatic N) is 2. The number of fused-ring (bicyclic) bond motifs is 1. The van der Waals surface area contributed by atoms with Gasteiger partial charge in [-0.2, -0.15) is 0 Å². The first-order chi connectivity index (χ1) is 10.5. The number of rotatable bonds is 3. The van der Waals surface area contributed by atoms with E-state index in [0.717, 1.165) is 16.5 Å². The Morgan fingerprint density at radius 2 is 1.65 bits per heavy atom. The molecule has 0 aliphatic rings. The number of benzene rings is 2. The average molecular weight is 411 g/mol. The topological polar surface area (TPSA) is 49.7 Å². The fourth-order valence-corrected chi connectivity index (χ4v) is 7.15. The predicted molar refractivity (Wildman–Crippen MR) is 86.9 cm³/mol. The Morgan fingerprint density at radius 3 is 2.17 bits per heavy atom. The number of sulfonamides is 1. The minimum atomic E-state index is -5.48. The summed E-state index contributed by atoms with van der Waals surface area (Å²) in [5, 5.41) is 1.58. The Kier molecular flexibility index (Phi) is 4.84. The van der Waals surface area contributed by atoms with Crippen molar-refractivity contribution in [3.63, 3.8) is 0 Å². The molecule has 23 heavy (non-hydrogen) atoms. The first-order valence-electron chi connectivity index (χ1n) is 6.44. The standard InChI is InChI=1S/C14H15F3N2O2SSe/c1-19(2)11-8-4-6-10-7-5-9-12(13(10)11)23(3)18-22(20,21)14(15,16)17/h4-9H,1-3H3. The van der Waals surface area contributed by atoms with Crippen molar-refractivity contribution < 1.29 is 21.6 Å². The summed E-state index contributed by atoms with van der Waals surface area (Å²) in [6.45, 7) is 0. The number of hydrogen-bond acceptors (Lipinski definition) is 3. The molecular weight excluding hydrogens is 396 g/mol. The van der Waals surface area contributed by atoms with Crippen LogP contribution in [0.15, 0.2) is 39.8 Å². The second-order valence-corrected chi connectivity index (χ2v) is 10.4. The van der Waals surface area contributed by atoms with Crippen molar-refractivity contribution >= 4 is 44.7 Å². The Morgan fingerprint density at radius 1 is 1.09 bits per heavy atom. The van der Waals surface area contributed by atoms with E-state index in [2.05, 4.69) is 3.37 Å². The van der Waals surface area contributed by atoms with Crippen LogP contribution < -0.4 is 9.36 Å². The molecule has 0 aliphatic carbocycles. The van der Waals surface area contributed by atoms with Gasteiger partial charge in [-0.05, 0) is 0 Å². The first-order valence-corrected chi connectivity index (χ1v) is 11.2. The van der Waals surface area contributed by atoms with Gasteiger partial charge in [-0.1, -0.05) is 0 Å². The third-order valence-electron chi connectivity index (χ3n) is 3.15. The van der Waals surface area contributed by atoms with Gasteiger partial charge in [0.05, 0.1) is 0 Å². The number of hydrogen-bond donors (Lipinski definition) is 0. The van der Waals surface area contributed by atoms with Gasteiger partial charge in [0.25, 0.3) is 0 Å². The van der Waals surface area contributed by atoms with E-state index in [1.54, 1.807) is 12.1 Å². The molecule has 0 saturated carbocycles. The van der Waals surface area contributed by atoms with Crippen LogP contribution in [-0.4, -0.2) is 41.7 Å². The van der Waals surface area contributed by atoms with Crippen LogP contribution in [0.5, 0.6) is 0 Å². The van der Waals surface area contributed by atoms with Gasteiger partial charge in [0.1, 0.15) is 0 Å². The van der Waals surface area contributed by atoms with E-state index in [1.165, 1.54) is 5.82 Å². The van der Waals surface area contributed by atoms with Crippen molar-refractivity contribution in [2.24, 2.45) is 3.37 Å². The van der Waals surface area contributed by atoms with E-state index in [-0.39, 0.29) is 0 Å². The zero-order valence-electron chi connectivity index (χ0n) is 12.6. The molecule has 0 radical (unpaired) electrons. The Bertz CT molecular complexity index is 872. The molecule has 0 aromatic heterocycles. The molecule has 0 spiro atoms. The molecule has 0 saturated heterocycles. The predicted octanol–water partition coefficient (Wildman–Crippen LogP) is 2.85. The van der Waals surface area contributed by atoms with Crippen molar-refractivity contribution in [2.45, 2.75) is 11.3 Å². The van der Waals surface area contributed by atoms with Gasteiger partial charge in [0, 0.05) is 0 Å². The maximum absolute atomic E-state index is 12.6. The van der Waals surface area contributed by atoms with Gasteiger partial charge in [0.2, 0.25) is 0 Å². The molecule has 9 heteroatoms. The van der Waals surface area contributed by atoms with Crippen LogP contribution in [0, 0.1) is 0 Å². The summed E-state index contributed by atoms with van der Waals surface area (Å²) in [5.74, 6) is 1.46. The van der Waals surface area contributed by atoms with Crippen LogP contribution in [0.25, 0.3) is 10.8 Å². The summed E-state index contributed by atoms with van der Waals surface area (Å²) in [4.78, 5) is 1.84. The van der Waals surface area contributed by atoms with Crippen molar-refractivity contribution in [2.75, 3.05) is 19.0 Å². The first kappa shape index (κ1) is 17.9. The van der Waals surface area contributed by atoms with Crippen molar-refractivity contribution in [3.05, 3.63) is 36.4 Å². The van der Waals surface area contributed by atoms with Crippen molar-refractivity contribution in [1.29, 1.82) is 0 Å². The molecule has 0 fully saturated rings. The Hall–Kier alpha value is -1.44. The molecule has 0 bridgehead atoms. The number of halogens is 3. The van der Waals surface area contributed by atoms with E-state index < -0.39 is 29.2 Å².